The normalized spacial score (nSPS) is 30.8. The van der Waals surface area contributed by atoms with Crippen molar-refractivity contribution in [2.45, 2.75) is 75.7 Å². The third-order valence-corrected chi connectivity index (χ3v) is 6.45. The van der Waals surface area contributed by atoms with E-state index in [1.807, 2.05) is 0 Å². The Morgan fingerprint density at radius 1 is 1.29 bits per heavy atom. The number of Topliss-reactive ketones (excluding diaryl/α,β-unsaturated/α-hetero) is 1. The van der Waals surface area contributed by atoms with Crippen LogP contribution in [0.4, 0.5) is 19.0 Å². The highest BCUT2D eigenvalue weighted by Crippen LogP contribution is 2.39. The first kappa shape index (κ1) is 26.7. The molecule has 34 heavy (non-hydrogen) atoms. The van der Waals surface area contributed by atoms with E-state index in [9.17, 15) is 28.2 Å². The molecule has 4 N–H and O–H groups in total. The van der Waals surface area contributed by atoms with E-state index < -0.39 is 36.2 Å². The molecule has 7 atom stereocenters. The Hall–Kier alpha value is -1.86. The Morgan fingerprint density at radius 3 is 2.76 bits per heavy atom. The van der Waals surface area contributed by atoms with Crippen molar-refractivity contribution in [2.75, 3.05) is 25.1 Å². The molecular formula is C22H32F3N3O6. The number of halogens is 3. The van der Waals surface area contributed by atoms with E-state index in [0.717, 1.165) is 19.0 Å². The smallest absolute Gasteiger partial charge is 0.396 e. The fourth-order valence-electron chi connectivity index (χ4n) is 4.63. The second-order valence-corrected chi connectivity index (χ2v) is 9.13. The highest BCUT2D eigenvalue weighted by molar-refractivity contribution is 5.79. The van der Waals surface area contributed by atoms with Crippen molar-refractivity contribution in [1.82, 2.24) is 9.97 Å². The average Bonchev–Trinajstić information content (AvgIpc) is 3.23. The number of nitrogens with zero attached hydrogens (tertiary/aromatic N) is 2. The molecular weight excluding hydrogens is 459 g/mol. The van der Waals surface area contributed by atoms with Crippen molar-refractivity contribution >= 4 is 11.6 Å². The number of ether oxygens (including phenoxy) is 2. The Balaban J connectivity index is 1.49. The lowest BCUT2D eigenvalue weighted by molar-refractivity contribution is -0.158. The number of hydrogen-bond acceptors (Lipinski definition) is 9. The molecule has 1 aromatic rings. The summed E-state index contributed by atoms with van der Waals surface area (Å²) < 4.78 is 49.8. The SMILES string of the molecule is CC(CCO)OCC(=O)CC1CCC([C@H]2OC[C@H](Nc3cncc(C(F)(F)F)n3)[C@@H](O)[C@H]2O)C1. The predicted molar refractivity (Wildman–Crippen MR) is 114 cm³/mol. The first-order valence-corrected chi connectivity index (χ1v) is 11.5. The summed E-state index contributed by atoms with van der Waals surface area (Å²) in [5.74, 6) is -0.125. The van der Waals surface area contributed by atoms with Gasteiger partial charge in [-0.1, -0.05) is 0 Å². The van der Waals surface area contributed by atoms with Crippen LogP contribution in [0.25, 0.3) is 0 Å². The molecule has 2 heterocycles. The molecule has 2 aliphatic rings. The first-order valence-electron chi connectivity index (χ1n) is 11.5. The van der Waals surface area contributed by atoms with Gasteiger partial charge in [0.15, 0.2) is 11.5 Å². The summed E-state index contributed by atoms with van der Waals surface area (Å²) in [5, 5.41) is 32.8. The zero-order valence-corrected chi connectivity index (χ0v) is 18.9. The lowest BCUT2D eigenvalue weighted by atomic mass is 9.87. The summed E-state index contributed by atoms with van der Waals surface area (Å²) in [6.07, 6.45) is -3.31. The molecule has 192 valence electrons. The molecule has 0 aromatic carbocycles. The predicted octanol–water partition coefficient (Wildman–Crippen LogP) is 1.56. The molecule has 0 spiro atoms. The number of nitrogens with one attached hydrogen (secondary N) is 1. The number of hydrogen-bond donors (Lipinski definition) is 4. The highest BCUT2D eigenvalue weighted by atomic mass is 19.4. The lowest BCUT2D eigenvalue weighted by Gasteiger charge is -2.40. The Bertz CT molecular complexity index is 814. The van der Waals surface area contributed by atoms with Crippen LogP contribution in [0.5, 0.6) is 0 Å². The second kappa shape index (κ2) is 11.7. The van der Waals surface area contributed by atoms with Crippen molar-refractivity contribution in [3.8, 4) is 0 Å². The molecule has 1 aliphatic carbocycles. The van der Waals surface area contributed by atoms with Crippen molar-refractivity contribution in [3.63, 3.8) is 0 Å². The molecule has 1 saturated carbocycles. The molecule has 9 nitrogen and oxygen atoms in total. The standard InChI is InChI=1S/C22H32F3N3O6/c1-12(4-5-29)33-10-15(30)7-13-2-3-14(6-13)21-20(32)19(31)16(11-34-21)27-18-9-26-8-17(28-18)22(23,24)25/h8-9,12-14,16,19-21,29,31-32H,2-7,10-11H2,1H3,(H,27,28)/t12?,13?,14?,16-,19+,20+,21+/m0/s1. The maximum absolute atomic E-state index is 12.8. The second-order valence-electron chi connectivity index (χ2n) is 9.13. The molecule has 12 heteroatoms. The number of carbonyl (C=O) groups is 1. The monoisotopic (exact) mass is 491 g/mol. The summed E-state index contributed by atoms with van der Waals surface area (Å²) in [6.45, 7) is 1.76. The molecule has 3 rings (SSSR count). The summed E-state index contributed by atoms with van der Waals surface area (Å²) in [7, 11) is 0. The minimum atomic E-state index is -4.65. The number of aliphatic hydroxyl groups is 3. The highest BCUT2D eigenvalue weighted by Gasteiger charge is 2.44. The Morgan fingerprint density at radius 2 is 2.06 bits per heavy atom. The van der Waals surface area contributed by atoms with Gasteiger partial charge in [-0.2, -0.15) is 13.2 Å². The lowest BCUT2D eigenvalue weighted by Crippen LogP contribution is -2.57. The summed E-state index contributed by atoms with van der Waals surface area (Å²) >= 11 is 0. The zero-order chi connectivity index (χ0) is 24.9. The van der Waals surface area contributed by atoms with Crippen LogP contribution in [0.15, 0.2) is 12.4 Å². The van der Waals surface area contributed by atoms with Gasteiger partial charge in [-0.15, -0.1) is 0 Å². The van der Waals surface area contributed by atoms with Crippen LogP contribution in [-0.4, -0.2) is 81.3 Å². The van der Waals surface area contributed by atoms with Crippen molar-refractivity contribution in [2.24, 2.45) is 11.8 Å². The fraction of sp³-hybridized carbons (Fsp3) is 0.773. The van der Waals surface area contributed by atoms with E-state index in [1.165, 1.54) is 0 Å². The first-order chi connectivity index (χ1) is 16.1. The van der Waals surface area contributed by atoms with Gasteiger partial charge in [0.1, 0.15) is 24.6 Å². The molecule has 1 saturated heterocycles. The Labute approximate surface area is 195 Å². The summed E-state index contributed by atoms with van der Waals surface area (Å²) in [4.78, 5) is 19.2. The van der Waals surface area contributed by atoms with Gasteiger partial charge in [0.25, 0.3) is 0 Å². The number of aromatic nitrogens is 2. The quantitative estimate of drug-likeness (QED) is 0.385. The Kier molecular flexibility index (Phi) is 9.21. The van der Waals surface area contributed by atoms with E-state index >= 15 is 0 Å². The van der Waals surface area contributed by atoms with Crippen LogP contribution in [0.1, 0.15) is 44.7 Å². The van der Waals surface area contributed by atoms with Crippen LogP contribution in [0, 0.1) is 11.8 Å². The van der Waals surface area contributed by atoms with Gasteiger partial charge in [-0.25, -0.2) is 4.98 Å². The van der Waals surface area contributed by atoms with Crippen LogP contribution < -0.4 is 5.32 Å². The fourth-order valence-corrected chi connectivity index (χ4v) is 4.63. The van der Waals surface area contributed by atoms with Crippen LogP contribution in [0.3, 0.4) is 0 Å². The molecule has 0 radical (unpaired) electrons. The summed E-state index contributed by atoms with van der Waals surface area (Å²) in [5.41, 5.74) is -1.16. The van der Waals surface area contributed by atoms with Crippen molar-refractivity contribution in [3.05, 3.63) is 18.1 Å². The number of alkyl halides is 3. The van der Waals surface area contributed by atoms with Crippen molar-refractivity contribution < 1.29 is 42.8 Å². The molecule has 1 aliphatic heterocycles. The van der Waals surface area contributed by atoms with Crippen LogP contribution in [0.2, 0.25) is 0 Å². The van der Waals surface area contributed by atoms with Gasteiger partial charge < -0.3 is 30.1 Å². The minimum absolute atomic E-state index is 0.00104. The summed E-state index contributed by atoms with van der Waals surface area (Å²) in [6, 6.07) is -0.860. The number of anilines is 1. The number of aliphatic hydroxyl groups excluding tert-OH is 3. The topological polar surface area (TPSA) is 134 Å². The van der Waals surface area contributed by atoms with Crippen LogP contribution >= 0.6 is 0 Å². The minimum Gasteiger partial charge on any atom is -0.396 e. The molecule has 0 amide bonds. The average molecular weight is 492 g/mol. The zero-order valence-electron chi connectivity index (χ0n) is 18.9. The van der Waals surface area contributed by atoms with E-state index in [-0.39, 0.29) is 49.4 Å². The van der Waals surface area contributed by atoms with Gasteiger partial charge >= 0.3 is 6.18 Å². The van der Waals surface area contributed by atoms with Gasteiger partial charge in [-0.3, -0.25) is 9.78 Å². The van der Waals surface area contributed by atoms with E-state index in [0.29, 0.717) is 25.5 Å². The third kappa shape index (κ3) is 7.08. The molecule has 0 bridgehead atoms. The van der Waals surface area contributed by atoms with E-state index in [1.54, 1.807) is 6.92 Å². The van der Waals surface area contributed by atoms with Crippen LogP contribution in [-0.2, 0) is 20.4 Å². The maximum atomic E-state index is 12.8. The molecule has 3 unspecified atom stereocenters. The third-order valence-electron chi connectivity index (χ3n) is 6.45. The number of rotatable bonds is 10. The number of ketones is 1. The van der Waals surface area contributed by atoms with Crippen molar-refractivity contribution in [1.29, 1.82) is 0 Å². The molecule has 2 fully saturated rings. The van der Waals surface area contributed by atoms with Gasteiger partial charge in [0.2, 0.25) is 0 Å². The largest absolute Gasteiger partial charge is 0.434 e. The van der Waals surface area contributed by atoms with E-state index in [4.69, 9.17) is 14.6 Å². The van der Waals surface area contributed by atoms with Gasteiger partial charge in [0.05, 0.1) is 37.3 Å². The maximum Gasteiger partial charge on any atom is 0.434 e. The molecule has 1 aromatic heterocycles. The van der Waals surface area contributed by atoms with Gasteiger partial charge in [0, 0.05) is 13.0 Å². The number of carbonyl (C=O) groups excluding carboxylic acids is 1. The van der Waals surface area contributed by atoms with E-state index in [2.05, 4.69) is 15.3 Å². The van der Waals surface area contributed by atoms with Gasteiger partial charge in [-0.05, 0) is 44.4 Å².